The van der Waals surface area contributed by atoms with Gasteiger partial charge in [-0.15, -0.1) is 0 Å². The molecule has 0 spiro atoms. The minimum atomic E-state index is -0.411. The summed E-state index contributed by atoms with van der Waals surface area (Å²) < 4.78 is 5.41. The molecule has 1 aliphatic heterocycles. The molecule has 0 aromatic heterocycles. The lowest BCUT2D eigenvalue weighted by atomic mass is 9.76. The Balaban J connectivity index is 1.62. The summed E-state index contributed by atoms with van der Waals surface area (Å²) in [4.78, 5) is 32.5. The first-order valence-corrected chi connectivity index (χ1v) is 13.4. The van der Waals surface area contributed by atoms with Gasteiger partial charge in [0.05, 0.1) is 19.1 Å². The molecule has 0 bridgehead atoms. The first-order valence-electron chi connectivity index (χ1n) is 13.4. The van der Waals surface area contributed by atoms with Crippen molar-refractivity contribution in [1.29, 1.82) is 0 Å². The summed E-state index contributed by atoms with van der Waals surface area (Å²) in [5, 5.41) is 0. The van der Waals surface area contributed by atoms with Gasteiger partial charge < -0.3 is 14.5 Å². The van der Waals surface area contributed by atoms with E-state index in [4.69, 9.17) is 4.74 Å². The number of hydrogen-bond acceptors (Lipinski definition) is 3. The van der Waals surface area contributed by atoms with E-state index in [0.29, 0.717) is 5.56 Å². The second kappa shape index (κ2) is 10.4. The molecule has 2 unspecified atom stereocenters. The van der Waals surface area contributed by atoms with E-state index in [1.807, 2.05) is 60.5 Å². The molecule has 2 aliphatic carbocycles. The molecule has 1 heterocycles. The summed E-state index contributed by atoms with van der Waals surface area (Å²) in [7, 11) is 3.64. The highest BCUT2D eigenvalue weighted by Crippen LogP contribution is 2.47. The number of fused-ring (bicyclic) bond motifs is 1. The number of rotatable bonds is 5. The SMILES string of the molecule is COc1ccc(C2C(C(=O)N(C)C3CCCCC3)c3ccccc3C(=O)N2C2CCCCC2)cc1. The fourth-order valence-electron chi connectivity index (χ4n) is 6.60. The monoisotopic (exact) mass is 474 g/mol. The number of likely N-dealkylation sites (N-methyl/N-ethyl adjacent to an activating group) is 1. The van der Waals surface area contributed by atoms with Crippen LogP contribution >= 0.6 is 0 Å². The largest absolute Gasteiger partial charge is 0.497 e. The Labute approximate surface area is 209 Å². The zero-order valence-corrected chi connectivity index (χ0v) is 21.1. The number of ether oxygens (including phenoxy) is 1. The highest BCUT2D eigenvalue weighted by atomic mass is 16.5. The second-order valence-corrected chi connectivity index (χ2v) is 10.5. The van der Waals surface area contributed by atoms with Gasteiger partial charge in [0, 0.05) is 24.7 Å². The molecule has 5 heteroatoms. The third kappa shape index (κ3) is 4.57. The van der Waals surface area contributed by atoms with Gasteiger partial charge >= 0.3 is 0 Å². The van der Waals surface area contributed by atoms with Crippen molar-refractivity contribution >= 4 is 11.8 Å². The molecule has 186 valence electrons. The summed E-state index contributed by atoms with van der Waals surface area (Å²) in [5.74, 6) is 0.574. The number of benzene rings is 2. The minimum absolute atomic E-state index is 0.0673. The van der Waals surface area contributed by atoms with Crippen LogP contribution in [0.25, 0.3) is 0 Å². The molecule has 5 rings (SSSR count). The van der Waals surface area contributed by atoms with E-state index in [9.17, 15) is 9.59 Å². The number of hydrogen-bond donors (Lipinski definition) is 0. The summed E-state index contributed by atoms with van der Waals surface area (Å²) in [6, 6.07) is 15.9. The van der Waals surface area contributed by atoms with E-state index < -0.39 is 5.92 Å². The molecule has 2 fully saturated rings. The molecule has 2 aromatic rings. The molecule has 0 radical (unpaired) electrons. The van der Waals surface area contributed by atoms with E-state index >= 15 is 0 Å². The Kier molecular flexibility index (Phi) is 7.12. The molecule has 3 aliphatic rings. The van der Waals surface area contributed by atoms with Crippen molar-refractivity contribution < 1.29 is 14.3 Å². The van der Waals surface area contributed by atoms with Gasteiger partial charge in [-0.25, -0.2) is 0 Å². The van der Waals surface area contributed by atoms with Crippen LogP contribution in [-0.2, 0) is 4.79 Å². The smallest absolute Gasteiger partial charge is 0.254 e. The topological polar surface area (TPSA) is 49.9 Å². The van der Waals surface area contributed by atoms with E-state index in [0.717, 1.165) is 55.4 Å². The summed E-state index contributed by atoms with van der Waals surface area (Å²) >= 11 is 0. The molecule has 0 saturated heterocycles. The Morgan fingerprint density at radius 1 is 0.886 bits per heavy atom. The number of nitrogens with zero attached hydrogens (tertiary/aromatic N) is 2. The lowest BCUT2D eigenvalue weighted by molar-refractivity contribution is -0.136. The van der Waals surface area contributed by atoms with E-state index in [2.05, 4.69) is 4.90 Å². The quantitative estimate of drug-likeness (QED) is 0.526. The highest BCUT2D eigenvalue weighted by molar-refractivity contribution is 6.01. The van der Waals surface area contributed by atoms with Crippen LogP contribution in [0.2, 0.25) is 0 Å². The van der Waals surface area contributed by atoms with Crippen LogP contribution in [0.4, 0.5) is 0 Å². The summed E-state index contributed by atoms with van der Waals surface area (Å²) in [6.07, 6.45) is 11.2. The van der Waals surface area contributed by atoms with Gasteiger partial charge in [0.2, 0.25) is 5.91 Å². The Bertz CT molecular complexity index is 1040. The maximum absolute atomic E-state index is 14.4. The van der Waals surface area contributed by atoms with Crippen molar-refractivity contribution in [1.82, 2.24) is 9.80 Å². The van der Waals surface area contributed by atoms with Gasteiger partial charge in [-0.1, -0.05) is 68.9 Å². The maximum Gasteiger partial charge on any atom is 0.254 e. The van der Waals surface area contributed by atoms with Gasteiger partial charge in [-0.2, -0.15) is 0 Å². The summed E-state index contributed by atoms with van der Waals surface area (Å²) in [5.41, 5.74) is 2.57. The van der Waals surface area contributed by atoms with Crippen molar-refractivity contribution in [2.75, 3.05) is 14.2 Å². The fourth-order valence-corrected chi connectivity index (χ4v) is 6.60. The van der Waals surface area contributed by atoms with Crippen LogP contribution in [0.1, 0.15) is 97.7 Å². The molecule has 2 saturated carbocycles. The van der Waals surface area contributed by atoms with Crippen molar-refractivity contribution in [3.63, 3.8) is 0 Å². The lowest BCUT2D eigenvalue weighted by Gasteiger charge is -2.48. The first kappa shape index (κ1) is 23.9. The fraction of sp³-hybridized carbons (Fsp3) is 0.533. The molecule has 0 N–H and O–H groups in total. The average Bonchev–Trinajstić information content (AvgIpc) is 2.93. The first-order chi connectivity index (χ1) is 17.1. The van der Waals surface area contributed by atoms with Crippen LogP contribution in [0.5, 0.6) is 5.75 Å². The molecule has 5 nitrogen and oxygen atoms in total. The minimum Gasteiger partial charge on any atom is -0.497 e. The van der Waals surface area contributed by atoms with Crippen LogP contribution in [0.15, 0.2) is 48.5 Å². The van der Waals surface area contributed by atoms with Crippen LogP contribution < -0.4 is 4.74 Å². The molecule has 2 amide bonds. The third-order valence-corrected chi connectivity index (χ3v) is 8.54. The zero-order chi connectivity index (χ0) is 24.4. The third-order valence-electron chi connectivity index (χ3n) is 8.54. The number of methoxy groups -OCH3 is 1. The Hall–Kier alpha value is -2.82. The number of carbonyl (C=O) groups is 2. The van der Waals surface area contributed by atoms with Crippen LogP contribution in [0, 0.1) is 0 Å². The van der Waals surface area contributed by atoms with Gasteiger partial charge in [0.25, 0.3) is 5.91 Å². The van der Waals surface area contributed by atoms with Gasteiger partial charge in [-0.3, -0.25) is 9.59 Å². The average molecular weight is 475 g/mol. The van der Waals surface area contributed by atoms with Crippen LogP contribution in [0.3, 0.4) is 0 Å². The molecule has 2 aromatic carbocycles. The lowest BCUT2D eigenvalue weighted by Crippen LogP contribution is -2.53. The standard InChI is InChI=1S/C30H38N2O3/c1-31(22-11-5-3-6-12-22)30(34)27-25-15-9-10-16-26(25)29(33)32(23-13-7-4-8-14-23)28(27)21-17-19-24(35-2)20-18-21/h9-10,15-20,22-23,27-28H,3-8,11-14H2,1-2H3. The van der Waals surface area contributed by atoms with Crippen molar-refractivity contribution in [2.45, 2.75) is 88.3 Å². The van der Waals surface area contributed by atoms with Crippen molar-refractivity contribution in [2.24, 2.45) is 0 Å². The second-order valence-electron chi connectivity index (χ2n) is 10.5. The Morgan fingerprint density at radius 2 is 1.51 bits per heavy atom. The number of amides is 2. The van der Waals surface area contributed by atoms with Crippen LogP contribution in [-0.4, -0.2) is 47.9 Å². The predicted molar refractivity (Wildman–Crippen MR) is 138 cm³/mol. The molecule has 35 heavy (non-hydrogen) atoms. The van der Waals surface area contributed by atoms with E-state index in [-0.39, 0.29) is 29.9 Å². The normalized spacial score (nSPS) is 23.6. The zero-order valence-electron chi connectivity index (χ0n) is 21.1. The molecular weight excluding hydrogens is 436 g/mol. The molecule has 2 atom stereocenters. The predicted octanol–water partition coefficient (Wildman–Crippen LogP) is 6.10. The highest BCUT2D eigenvalue weighted by Gasteiger charge is 2.48. The maximum atomic E-state index is 14.4. The summed E-state index contributed by atoms with van der Waals surface area (Å²) in [6.45, 7) is 0. The Morgan fingerprint density at radius 3 is 2.17 bits per heavy atom. The van der Waals surface area contributed by atoms with Gasteiger partial charge in [0.15, 0.2) is 0 Å². The van der Waals surface area contributed by atoms with Crippen molar-refractivity contribution in [3.05, 3.63) is 65.2 Å². The van der Waals surface area contributed by atoms with E-state index in [1.165, 1.54) is 25.7 Å². The van der Waals surface area contributed by atoms with E-state index in [1.54, 1.807) is 7.11 Å². The van der Waals surface area contributed by atoms with Gasteiger partial charge in [-0.05, 0) is 55.0 Å². The molecular formula is C30H38N2O3. The van der Waals surface area contributed by atoms with Crippen molar-refractivity contribution in [3.8, 4) is 5.75 Å². The van der Waals surface area contributed by atoms with Gasteiger partial charge in [0.1, 0.15) is 5.75 Å². The number of carbonyl (C=O) groups excluding carboxylic acids is 2.